The second-order valence-corrected chi connectivity index (χ2v) is 7.47. The van der Waals surface area contributed by atoms with Crippen molar-refractivity contribution in [1.29, 1.82) is 0 Å². The van der Waals surface area contributed by atoms with E-state index in [2.05, 4.69) is 44.5 Å². The number of carbonyl (C=O) groups is 1. The molecule has 1 amide bonds. The van der Waals surface area contributed by atoms with E-state index in [4.69, 9.17) is 9.26 Å². The molecule has 7 heteroatoms. The van der Waals surface area contributed by atoms with Crippen molar-refractivity contribution in [3.05, 3.63) is 52.9 Å². The molecule has 28 heavy (non-hydrogen) atoms. The molecule has 1 N–H and O–H groups in total. The summed E-state index contributed by atoms with van der Waals surface area (Å²) in [6.07, 6.45) is 2.03. The molecule has 0 spiro atoms. The average molecular weight is 384 g/mol. The van der Waals surface area contributed by atoms with Gasteiger partial charge in [-0.3, -0.25) is 14.6 Å². The highest BCUT2D eigenvalue weighted by atomic mass is 16.5. The molecule has 1 saturated heterocycles. The van der Waals surface area contributed by atoms with E-state index in [1.165, 1.54) is 11.1 Å². The molecule has 0 radical (unpaired) electrons. The molecule has 0 aliphatic carbocycles. The van der Waals surface area contributed by atoms with Crippen molar-refractivity contribution in [3.63, 3.8) is 0 Å². The third-order valence-corrected chi connectivity index (χ3v) is 5.42. The molecule has 1 aromatic carbocycles. The molecular weight excluding hydrogens is 356 g/mol. The summed E-state index contributed by atoms with van der Waals surface area (Å²) in [6, 6.07) is 10.4. The summed E-state index contributed by atoms with van der Waals surface area (Å²) in [7, 11) is 0. The van der Waals surface area contributed by atoms with Gasteiger partial charge in [0.25, 0.3) is 5.91 Å². The van der Waals surface area contributed by atoms with Crippen molar-refractivity contribution in [2.24, 2.45) is 0 Å². The minimum Gasteiger partial charge on any atom is -0.379 e. The van der Waals surface area contributed by atoms with Crippen molar-refractivity contribution in [1.82, 2.24) is 20.3 Å². The van der Waals surface area contributed by atoms with Crippen LogP contribution in [0.15, 0.2) is 34.9 Å². The van der Waals surface area contributed by atoms with Crippen LogP contribution in [-0.4, -0.2) is 66.8 Å². The first-order chi connectivity index (χ1) is 13.8. The number of hydrogen-bond acceptors (Lipinski definition) is 6. The van der Waals surface area contributed by atoms with E-state index in [0.717, 1.165) is 64.5 Å². The number of hydrogen-bond donors (Lipinski definition) is 1. The number of aromatic nitrogens is 1. The van der Waals surface area contributed by atoms with Crippen molar-refractivity contribution in [2.75, 3.05) is 45.9 Å². The molecular formula is C21H28N4O3. The molecule has 3 heterocycles. The van der Waals surface area contributed by atoms with Crippen LogP contribution in [-0.2, 0) is 24.2 Å². The maximum Gasteiger partial charge on any atom is 0.273 e. The number of nitrogens with zero attached hydrogens (tertiary/aromatic N) is 3. The van der Waals surface area contributed by atoms with Crippen LogP contribution in [0.4, 0.5) is 0 Å². The Hall–Kier alpha value is -2.22. The van der Waals surface area contributed by atoms with Crippen LogP contribution >= 0.6 is 0 Å². The molecule has 2 aromatic rings. The maximum atomic E-state index is 12.3. The quantitative estimate of drug-likeness (QED) is 0.733. The standard InChI is InChI=1S/C21H28N4O3/c26-21(20-14-19(28-23-20)16-25-10-12-27-13-11-25)22-7-3-8-24-9-6-17-4-1-2-5-18(17)15-24/h1-2,4-5,14H,3,6-13,15-16H2,(H,22,26). The zero-order chi connectivity index (χ0) is 19.2. The topological polar surface area (TPSA) is 70.8 Å². The van der Waals surface area contributed by atoms with Gasteiger partial charge < -0.3 is 14.6 Å². The normalized spacial score (nSPS) is 18.0. The van der Waals surface area contributed by atoms with Crippen molar-refractivity contribution < 1.29 is 14.1 Å². The average Bonchev–Trinajstić information content (AvgIpc) is 3.20. The van der Waals surface area contributed by atoms with Crippen LogP contribution < -0.4 is 5.32 Å². The van der Waals surface area contributed by atoms with Gasteiger partial charge >= 0.3 is 0 Å². The van der Waals surface area contributed by atoms with Gasteiger partial charge in [-0.2, -0.15) is 0 Å². The number of amides is 1. The summed E-state index contributed by atoms with van der Waals surface area (Å²) in [5.41, 5.74) is 3.24. The minimum atomic E-state index is -0.166. The lowest BCUT2D eigenvalue weighted by atomic mass is 10.00. The second-order valence-electron chi connectivity index (χ2n) is 7.47. The third-order valence-electron chi connectivity index (χ3n) is 5.42. The predicted octanol–water partition coefficient (Wildman–Crippen LogP) is 1.68. The zero-order valence-corrected chi connectivity index (χ0v) is 16.2. The van der Waals surface area contributed by atoms with Gasteiger partial charge in [-0.25, -0.2) is 0 Å². The first kappa shape index (κ1) is 19.1. The van der Waals surface area contributed by atoms with Crippen molar-refractivity contribution >= 4 is 5.91 Å². The van der Waals surface area contributed by atoms with Gasteiger partial charge in [0, 0.05) is 45.3 Å². The van der Waals surface area contributed by atoms with Gasteiger partial charge in [0.2, 0.25) is 0 Å². The molecule has 0 atom stereocenters. The second kappa shape index (κ2) is 9.32. The van der Waals surface area contributed by atoms with Gasteiger partial charge in [0.05, 0.1) is 19.8 Å². The highest BCUT2D eigenvalue weighted by Crippen LogP contribution is 2.18. The summed E-state index contributed by atoms with van der Waals surface area (Å²) in [4.78, 5) is 17.0. The lowest BCUT2D eigenvalue weighted by Gasteiger charge is -2.28. The number of benzene rings is 1. The summed E-state index contributed by atoms with van der Waals surface area (Å²) >= 11 is 0. The first-order valence-corrected chi connectivity index (χ1v) is 10.1. The van der Waals surface area contributed by atoms with Gasteiger partial charge in [0.1, 0.15) is 0 Å². The number of nitrogens with one attached hydrogen (secondary N) is 1. The molecule has 2 aliphatic rings. The Morgan fingerprint density at radius 2 is 1.93 bits per heavy atom. The number of carbonyl (C=O) groups excluding carboxylic acids is 1. The van der Waals surface area contributed by atoms with Gasteiger partial charge in [0.15, 0.2) is 11.5 Å². The summed E-state index contributed by atoms with van der Waals surface area (Å²) in [5, 5.41) is 6.87. The van der Waals surface area contributed by atoms with E-state index in [9.17, 15) is 4.79 Å². The van der Waals surface area contributed by atoms with Crippen LogP contribution in [0.2, 0.25) is 0 Å². The summed E-state index contributed by atoms with van der Waals surface area (Å²) in [5.74, 6) is 0.556. The monoisotopic (exact) mass is 384 g/mol. The molecule has 2 aliphatic heterocycles. The lowest BCUT2D eigenvalue weighted by molar-refractivity contribution is 0.0305. The van der Waals surface area contributed by atoms with Crippen LogP contribution in [0, 0.1) is 0 Å². The molecule has 0 unspecified atom stereocenters. The molecule has 7 nitrogen and oxygen atoms in total. The predicted molar refractivity (Wildman–Crippen MR) is 105 cm³/mol. The Labute approximate surface area is 165 Å². The van der Waals surface area contributed by atoms with Gasteiger partial charge in [-0.15, -0.1) is 0 Å². The van der Waals surface area contributed by atoms with Gasteiger partial charge in [-0.05, 0) is 24.0 Å². The number of morpholine rings is 1. The SMILES string of the molecule is O=C(NCCCN1CCc2ccccc2C1)c1cc(CN2CCOCC2)on1. The Morgan fingerprint density at radius 3 is 2.79 bits per heavy atom. The molecule has 4 rings (SSSR count). The van der Waals surface area contributed by atoms with Gasteiger partial charge in [-0.1, -0.05) is 29.4 Å². The minimum absolute atomic E-state index is 0.166. The summed E-state index contributed by atoms with van der Waals surface area (Å²) < 4.78 is 10.7. The fourth-order valence-corrected chi connectivity index (χ4v) is 3.81. The van der Waals surface area contributed by atoms with Crippen LogP contribution in [0.5, 0.6) is 0 Å². The Balaban J connectivity index is 1.17. The fourth-order valence-electron chi connectivity index (χ4n) is 3.81. The molecule has 0 saturated carbocycles. The Morgan fingerprint density at radius 1 is 1.11 bits per heavy atom. The van der Waals surface area contributed by atoms with Crippen LogP contribution in [0.25, 0.3) is 0 Å². The molecule has 0 bridgehead atoms. The van der Waals surface area contributed by atoms with E-state index < -0.39 is 0 Å². The number of ether oxygens (including phenoxy) is 1. The lowest BCUT2D eigenvalue weighted by Crippen LogP contribution is -2.35. The van der Waals surface area contributed by atoms with E-state index in [-0.39, 0.29) is 5.91 Å². The maximum absolute atomic E-state index is 12.3. The van der Waals surface area contributed by atoms with E-state index in [0.29, 0.717) is 18.8 Å². The van der Waals surface area contributed by atoms with Crippen molar-refractivity contribution in [3.8, 4) is 0 Å². The fraction of sp³-hybridized carbons (Fsp3) is 0.524. The van der Waals surface area contributed by atoms with Crippen LogP contribution in [0.3, 0.4) is 0 Å². The molecule has 1 fully saturated rings. The first-order valence-electron chi connectivity index (χ1n) is 10.1. The van der Waals surface area contributed by atoms with E-state index in [1.54, 1.807) is 6.07 Å². The van der Waals surface area contributed by atoms with E-state index >= 15 is 0 Å². The van der Waals surface area contributed by atoms with Crippen molar-refractivity contribution in [2.45, 2.75) is 25.9 Å². The van der Waals surface area contributed by atoms with Crippen LogP contribution in [0.1, 0.15) is 33.8 Å². The highest BCUT2D eigenvalue weighted by Gasteiger charge is 2.17. The Bertz CT molecular complexity index is 785. The smallest absolute Gasteiger partial charge is 0.273 e. The van der Waals surface area contributed by atoms with E-state index in [1.807, 2.05) is 0 Å². The molecule has 150 valence electrons. The third kappa shape index (κ3) is 4.98. The number of fused-ring (bicyclic) bond motifs is 1. The summed E-state index contributed by atoms with van der Waals surface area (Å²) in [6.45, 7) is 7.61. The zero-order valence-electron chi connectivity index (χ0n) is 16.2. The highest BCUT2D eigenvalue weighted by molar-refractivity contribution is 5.92. The Kier molecular flexibility index (Phi) is 6.36. The largest absolute Gasteiger partial charge is 0.379 e. The molecule has 1 aromatic heterocycles. The number of rotatable bonds is 7.